The highest BCUT2D eigenvalue weighted by molar-refractivity contribution is 5.83. The number of pyridine rings is 2. The molecule has 0 atom stereocenters. The van der Waals surface area contributed by atoms with Crippen LogP contribution >= 0.6 is 0 Å². The van der Waals surface area contributed by atoms with Crippen LogP contribution in [0.3, 0.4) is 0 Å². The lowest BCUT2D eigenvalue weighted by Crippen LogP contribution is -1.90. The molecule has 2 heterocycles. The predicted octanol–water partition coefficient (Wildman–Crippen LogP) is 3.34. The summed E-state index contributed by atoms with van der Waals surface area (Å²) < 4.78 is 0. The number of fused-ring (bicyclic) bond motifs is 1. The molecule has 88 valence electrons. The van der Waals surface area contributed by atoms with Crippen LogP contribution in [0, 0.1) is 0 Å². The normalized spacial score (nSPS) is 10.5. The lowest BCUT2D eigenvalue weighted by atomic mass is 10.1. The summed E-state index contributed by atoms with van der Waals surface area (Å²) in [6, 6.07) is 14.2. The molecular formula is C15H13N3. The number of nitrogens with zero attached hydrogens (tertiary/aromatic N) is 2. The monoisotopic (exact) mass is 235 g/mol. The van der Waals surface area contributed by atoms with Gasteiger partial charge in [0.1, 0.15) is 0 Å². The first-order valence-corrected chi connectivity index (χ1v) is 5.86. The van der Waals surface area contributed by atoms with E-state index in [2.05, 4.69) is 33.5 Å². The van der Waals surface area contributed by atoms with Crippen molar-refractivity contribution in [2.75, 3.05) is 12.4 Å². The van der Waals surface area contributed by atoms with Crippen LogP contribution in [-0.4, -0.2) is 17.0 Å². The smallest absolute Gasteiger partial charge is 0.0722 e. The van der Waals surface area contributed by atoms with Crippen LogP contribution < -0.4 is 5.32 Å². The van der Waals surface area contributed by atoms with E-state index in [1.807, 2.05) is 43.7 Å². The van der Waals surface area contributed by atoms with E-state index in [0.717, 1.165) is 27.8 Å². The van der Waals surface area contributed by atoms with Gasteiger partial charge in [0, 0.05) is 36.1 Å². The van der Waals surface area contributed by atoms with E-state index in [1.165, 1.54) is 0 Å². The van der Waals surface area contributed by atoms with Gasteiger partial charge in [-0.25, -0.2) is 0 Å². The summed E-state index contributed by atoms with van der Waals surface area (Å²) in [7, 11) is 1.91. The van der Waals surface area contributed by atoms with Gasteiger partial charge in [-0.05, 0) is 30.3 Å². The molecule has 3 aromatic rings. The first-order valence-electron chi connectivity index (χ1n) is 5.86. The Morgan fingerprint density at radius 3 is 2.78 bits per heavy atom. The number of rotatable bonds is 2. The second-order valence-corrected chi connectivity index (χ2v) is 4.09. The third-order valence-electron chi connectivity index (χ3n) is 2.95. The van der Waals surface area contributed by atoms with Gasteiger partial charge < -0.3 is 5.32 Å². The highest BCUT2D eigenvalue weighted by atomic mass is 14.8. The van der Waals surface area contributed by atoms with Crippen molar-refractivity contribution >= 4 is 16.6 Å². The fraction of sp³-hybridized carbons (Fsp3) is 0.0667. The van der Waals surface area contributed by atoms with E-state index in [1.54, 1.807) is 0 Å². The minimum Gasteiger partial charge on any atom is -0.388 e. The SMILES string of the molecule is CNc1ccnc(-c2ccc3ncccc3c2)c1. The minimum absolute atomic E-state index is 0.965. The molecule has 0 unspecified atom stereocenters. The molecule has 0 bridgehead atoms. The van der Waals surface area contributed by atoms with Gasteiger partial charge in [-0.2, -0.15) is 0 Å². The lowest BCUT2D eigenvalue weighted by Gasteiger charge is -2.05. The van der Waals surface area contributed by atoms with Crippen molar-refractivity contribution in [2.45, 2.75) is 0 Å². The Kier molecular flexibility index (Phi) is 2.65. The number of hydrogen-bond acceptors (Lipinski definition) is 3. The van der Waals surface area contributed by atoms with Gasteiger partial charge in [0.15, 0.2) is 0 Å². The fourth-order valence-electron chi connectivity index (χ4n) is 1.98. The second kappa shape index (κ2) is 4.45. The van der Waals surface area contributed by atoms with E-state index < -0.39 is 0 Å². The topological polar surface area (TPSA) is 37.8 Å². The molecule has 0 aliphatic rings. The van der Waals surface area contributed by atoms with Crippen LogP contribution in [0.15, 0.2) is 54.9 Å². The van der Waals surface area contributed by atoms with E-state index in [0.29, 0.717) is 0 Å². The number of anilines is 1. The van der Waals surface area contributed by atoms with Crippen molar-refractivity contribution in [1.29, 1.82) is 0 Å². The Bertz CT molecular complexity index is 692. The third kappa shape index (κ3) is 1.91. The zero-order valence-electron chi connectivity index (χ0n) is 10.1. The van der Waals surface area contributed by atoms with Crippen molar-refractivity contribution in [2.24, 2.45) is 0 Å². The lowest BCUT2D eigenvalue weighted by molar-refractivity contribution is 1.31. The maximum Gasteiger partial charge on any atom is 0.0722 e. The molecule has 18 heavy (non-hydrogen) atoms. The first kappa shape index (κ1) is 10.7. The minimum atomic E-state index is 0.965. The molecule has 3 nitrogen and oxygen atoms in total. The van der Waals surface area contributed by atoms with Crippen LogP contribution in [0.5, 0.6) is 0 Å². The molecule has 3 heteroatoms. The average Bonchev–Trinajstić information content (AvgIpc) is 2.47. The summed E-state index contributed by atoms with van der Waals surface area (Å²) in [5.41, 5.74) is 4.14. The van der Waals surface area contributed by atoms with Crippen LogP contribution in [0.2, 0.25) is 0 Å². The second-order valence-electron chi connectivity index (χ2n) is 4.09. The number of hydrogen-bond donors (Lipinski definition) is 1. The van der Waals surface area contributed by atoms with Gasteiger partial charge in [-0.3, -0.25) is 9.97 Å². The largest absolute Gasteiger partial charge is 0.388 e. The highest BCUT2D eigenvalue weighted by Crippen LogP contribution is 2.23. The van der Waals surface area contributed by atoms with E-state index >= 15 is 0 Å². The summed E-state index contributed by atoms with van der Waals surface area (Å²) in [6.07, 6.45) is 3.62. The predicted molar refractivity (Wildman–Crippen MR) is 74.5 cm³/mol. The molecular weight excluding hydrogens is 222 g/mol. The molecule has 0 saturated carbocycles. The Morgan fingerprint density at radius 2 is 1.89 bits per heavy atom. The summed E-state index contributed by atoms with van der Waals surface area (Å²) in [6.45, 7) is 0. The third-order valence-corrected chi connectivity index (χ3v) is 2.95. The molecule has 0 fully saturated rings. The van der Waals surface area contributed by atoms with Crippen molar-refractivity contribution in [3.05, 3.63) is 54.9 Å². The average molecular weight is 235 g/mol. The van der Waals surface area contributed by atoms with Gasteiger partial charge in [0.2, 0.25) is 0 Å². The summed E-state index contributed by atoms with van der Waals surface area (Å²) in [4.78, 5) is 8.72. The zero-order valence-corrected chi connectivity index (χ0v) is 10.1. The summed E-state index contributed by atoms with van der Waals surface area (Å²) >= 11 is 0. The van der Waals surface area contributed by atoms with Gasteiger partial charge >= 0.3 is 0 Å². The van der Waals surface area contributed by atoms with E-state index in [9.17, 15) is 0 Å². The molecule has 1 N–H and O–H groups in total. The van der Waals surface area contributed by atoms with Gasteiger partial charge in [-0.1, -0.05) is 12.1 Å². The molecule has 0 aliphatic heterocycles. The van der Waals surface area contributed by atoms with Crippen LogP contribution in [-0.2, 0) is 0 Å². The quantitative estimate of drug-likeness (QED) is 0.740. The maximum absolute atomic E-state index is 4.40. The van der Waals surface area contributed by atoms with Crippen LogP contribution in [0.4, 0.5) is 5.69 Å². The number of nitrogens with one attached hydrogen (secondary N) is 1. The number of aromatic nitrogens is 2. The Balaban J connectivity index is 2.13. The van der Waals surface area contributed by atoms with Crippen molar-refractivity contribution in [3.63, 3.8) is 0 Å². The molecule has 0 spiro atoms. The molecule has 0 aliphatic carbocycles. The number of benzene rings is 1. The van der Waals surface area contributed by atoms with E-state index in [-0.39, 0.29) is 0 Å². The zero-order chi connectivity index (χ0) is 12.4. The van der Waals surface area contributed by atoms with Crippen molar-refractivity contribution < 1.29 is 0 Å². The molecule has 0 radical (unpaired) electrons. The van der Waals surface area contributed by atoms with E-state index in [4.69, 9.17) is 0 Å². The standard InChI is InChI=1S/C15H13N3/c1-16-13-6-8-18-15(10-13)12-4-5-14-11(9-12)3-2-7-17-14/h2-10H,1H3,(H,16,18). The summed E-state index contributed by atoms with van der Waals surface area (Å²) in [5, 5.41) is 4.25. The molecule has 3 rings (SSSR count). The van der Waals surface area contributed by atoms with Crippen molar-refractivity contribution in [1.82, 2.24) is 9.97 Å². The maximum atomic E-state index is 4.40. The molecule has 2 aromatic heterocycles. The van der Waals surface area contributed by atoms with Crippen molar-refractivity contribution in [3.8, 4) is 11.3 Å². The fourth-order valence-corrected chi connectivity index (χ4v) is 1.98. The Morgan fingerprint density at radius 1 is 0.944 bits per heavy atom. The Labute approximate surface area is 106 Å². The van der Waals surface area contributed by atoms with Gasteiger partial charge in [-0.15, -0.1) is 0 Å². The molecule has 0 amide bonds. The molecule has 1 aromatic carbocycles. The van der Waals surface area contributed by atoms with Crippen LogP contribution in [0.25, 0.3) is 22.2 Å². The van der Waals surface area contributed by atoms with Gasteiger partial charge in [0.05, 0.1) is 11.2 Å². The van der Waals surface area contributed by atoms with Gasteiger partial charge in [0.25, 0.3) is 0 Å². The molecule has 0 saturated heterocycles. The summed E-state index contributed by atoms with van der Waals surface area (Å²) in [5.74, 6) is 0. The Hall–Kier alpha value is -2.42. The first-order chi connectivity index (χ1) is 8.86. The van der Waals surface area contributed by atoms with Crippen LogP contribution in [0.1, 0.15) is 0 Å². The highest BCUT2D eigenvalue weighted by Gasteiger charge is 2.02.